The predicted octanol–water partition coefficient (Wildman–Crippen LogP) is 1.82. The highest BCUT2D eigenvalue weighted by Crippen LogP contribution is 1.95. The molecule has 2 atom stereocenters. The summed E-state index contributed by atoms with van der Waals surface area (Å²) in [7, 11) is 0. The van der Waals surface area contributed by atoms with Gasteiger partial charge in [0.15, 0.2) is 0 Å². The topological polar surface area (TPSA) is 12.0 Å². The summed E-state index contributed by atoms with van der Waals surface area (Å²) in [6.07, 6.45) is 2.92. The first-order valence-electron chi connectivity index (χ1n) is 3.27. The van der Waals surface area contributed by atoms with Crippen molar-refractivity contribution in [2.75, 3.05) is 0 Å². The van der Waals surface area contributed by atoms with Crippen LogP contribution in [0, 0.1) is 0 Å². The van der Waals surface area contributed by atoms with Crippen LogP contribution in [0.25, 0.3) is 0 Å². The maximum Gasteiger partial charge on any atom is 0.0688 e. The predicted molar refractivity (Wildman–Crippen MR) is 45.9 cm³/mol. The highest BCUT2D eigenvalue weighted by molar-refractivity contribution is 7.81. The molecular weight excluding hydrogens is 130 g/mol. The Morgan fingerprint density at radius 3 is 2.67 bits per heavy atom. The van der Waals surface area contributed by atoms with Crippen LogP contribution < -0.4 is 5.32 Å². The summed E-state index contributed by atoms with van der Waals surface area (Å²) in [5.41, 5.74) is 0. The lowest BCUT2D eigenvalue weighted by atomic mass is 10.2. The molecule has 0 aliphatic rings. The Labute approximate surface area is 62.9 Å². The van der Waals surface area contributed by atoms with Crippen molar-refractivity contribution in [3.63, 3.8) is 0 Å². The summed E-state index contributed by atoms with van der Waals surface area (Å²) >= 11 is 4.19. The summed E-state index contributed by atoms with van der Waals surface area (Å²) < 4.78 is 0. The molecule has 0 saturated heterocycles. The monoisotopic (exact) mass is 145 g/mol. The molecule has 1 nitrogen and oxygen atoms in total. The third-order valence-electron chi connectivity index (χ3n) is 1.29. The van der Waals surface area contributed by atoms with Gasteiger partial charge in [0.1, 0.15) is 0 Å². The van der Waals surface area contributed by atoms with Crippen LogP contribution in [0.5, 0.6) is 0 Å². The normalized spacial score (nSPS) is 16.8. The van der Waals surface area contributed by atoms with Crippen molar-refractivity contribution in [3.05, 3.63) is 12.7 Å². The molecule has 0 heterocycles. The third kappa shape index (κ3) is 4.55. The van der Waals surface area contributed by atoms with Crippen LogP contribution in [-0.4, -0.2) is 11.4 Å². The summed E-state index contributed by atoms with van der Waals surface area (Å²) in [6.45, 7) is 7.88. The molecule has 0 amide bonds. The van der Waals surface area contributed by atoms with E-state index in [0.717, 1.165) is 6.42 Å². The molecule has 2 unspecified atom stereocenters. The minimum Gasteiger partial charge on any atom is -0.300 e. The van der Waals surface area contributed by atoms with E-state index < -0.39 is 0 Å². The molecular formula is C7H15NS. The molecule has 0 bridgehead atoms. The second kappa shape index (κ2) is 4.89. The Morgan fingerprint density at radius 1 is 1.78 bits per heavy atom. The van der Waals surface area contributed by atoms with Gasteiger partial charge in [-0.3, -0.25) is 5.32 Å². The Kier molecular flexibility index (Phi) is 4.91. The average molecular weight is 145 g/mol. The lowest BCUT2D eigenvalue weighted by molar-refractivity contribution is 0.552. The van der Waals surface area contributed by atoms with Crippen LogP contribution in [0.3, 0.4) is 0 Å². The summed E-state index contributed by atoms with van der Waals surface area (Å²) in [5, 5.41) is 3.36. The Morgan fingerprint density at radius 2 is 2.33 bits per heavy atom. The van der Waals surface area contributed by atoms with Crippen LogP contribution in [0.15, 0.2) is 12.7 Å². The zero-order valence-electron chi connectivity index (χ0n) is 6.09. The fourth-order valence-electron chi connectivity index (χ4n) is 0.477. The third-order valence-corrected chi connectivity index (χ3v) is 1.65. The minimum absolute atomic E-state index is 0.139. The van der Waals surface area contributed by atoms with Gasteiger partial charge >= 0.3 is 0 Å². The van der Waals surface area contributed by atoms with Crippen LogP contribution in [0.2, 0.25) is 0 Å². The summed E-state index contributed by atoms with van der Waals surface area (Å²) in [4.78, 5) is 0. The largest absolute Gasteiger partial charge is 0.300 e. The van der Waals surface area contributed by atoms with Crippen LogP contribution >= 0.6 is 12.6 Å². The number of nitrogens with one attached hydrogen (secondary N) is 1. The molecule has 2 heteroatoms. The average Bonchev–Trinajstić information content (AvgIpc) is 1.87. The molecule has 0 saturated carbocycles. The standard InChI is InChI=1S/C7H15NS/c1-4-6(3)8-7(9)5-2/h5-9H,2,4H2,1,3H3. The van der Waals surface area contributed by atoms with E-state index in [-0.39, 0.29) is 5.37 Å². The van der Waals surface area contributed by atoms with Gasteiger partial charge in [0.2, 0.25) is 0 Å². The van der Waals surface area contributed by atoms with Crippen molar-refractivity contribution >= 4 is 12.6 Å². The van der Waals surface area contributed by atoms with E-state index in [0.29, 0.717) is 6.04 Å². The highest BCUT2D eigenvalue weighted by atomic mass is 32.1. The molecule has 54 valence electrons. The van der Waals surface area contributed by atoms with Crippen molar-refractivity contribution in [2.24, 2.45) is 0 Å². The van der Waals surface area contributed by atoms with Crippen LogP contribution in [0.4, 0.5) is 0 Å². The van der Waals surface area contributed by atoms with Gasteiger partial charge in [-0.15, -0.1) is 6.58 Å². The molecule has 0 aliphatic heterocycles. The first-order valence-corrected chi connectivity index (χ1v) is 3.79. The molecule has 0 aromatic rings. The SMILES string of the molecule is C=CC(S)NC(C)CC. The Bertz CT molecular complexity index is 83.0. The molecule has 0 radical (unpaired) electrons. The first kappa shape index (κ1) is 9.05. The maximum atomic E-state index is 4.19. The van der Waals surface area contributed by atoms with E-state index in [4.69, 9.17) is 0 Å². The van der Waals surface area contributed by atoms with Gasteiger partial charge in [-0.1, -0.05) is 13.0 Å². The molecule has 9 heavy (non-hydrogen) atoms. The lowest BCUT2D eigenvalue weighted by Gasteiger charge is -2.13. The quantitative estimate of drug-likeness (QED) is 0.349. The van der Waals surface area contributed by atoms with Crippen LogP contribution in [-0.2, 0) is 0 Å². The molecule has 0 fully saturated rings. The fourth-order valence-corrected chi connectivity index (χ4v) is 0.732. The van der Waals surface area contributed by atoms with Crippen molar-refractivity contribution in [1.29, 1.82) is 0 Å². The second-order valence-corrected chi connectivity index (χ2v) is 2.71. The first-order chi connectivity index (χ1) is 4.20. The molecule has 1 N–H and O–H groups in total. The van der Waals surface area contributed by atoms with Gasteiger partial charge in [0, 0.05) is 6.04 Å². The Hall–Kier alpha value is 0.0500. The zero-order valence-corrected chi connectivity index (χ0v) is 6.99. The summed E-state index contributed by atoms with van der Waals surface area (Å²) in [6, 6.07) is 0.533. The number of hydrogen-bond acceptors (Lipinski definition) is 2. The maximum absolute atomic E-state index is 4.19. The van der Waals surface area contributed by atoms with E-state index in [9.17, 15) is 0 Å². The van der Waals surface area contributed by atoms with E-state index in [1.54, 1.807) is 6.08 Å². The van der Waals surface area contributed by atoms with Gasteiger partial charge in [-0.2, -0.15) is 12.6 Å². The van der Waals surface area contributed by atoms with Gasteiger partial charge in [0.25, 0.3) is 0 Å². The minimum atomic E-state index is 0.139. The molecule has 0 aromatic heterocycles. The van der Waals surface area contributed by atoms with Gasteiger partial charge < -0.3 is 0 Å². The number of hydrogen-bond donors (Lipinski definition) is 2. The summed E-state index contributed by atoms with van der Waals surface area (Å²) in [5.74, 6) is 0. The van der Waals surface area contributed by atoms with Crippen molar-refractivity contribution in [1.82, 2.24) is 5.32 Å². The van der Waals surface area contributed by atoms with E-state index in [1.807, 2.05) is 0 Å². The molecule has 0 rings (SSSR count). The van der Waals surface area contributed by atoms with E-state index in [1.165, 1.54) is 0 Å². The van der Waals surface area contributed by atoms with Gasteiger partial charge in [0.05, 0.1) is 5.37 Å². The molecule has 0 spiro atoms. The zero-order chi connectivity index (χ0) is 7.28. The van der Waals surface area contributed by atoms with E-state index in [2.05, 4.69) is 38.4 Å². The van der Waals surface area contributed by atoms with Crippen molar-refractivity contribution in [3.8, 4) is 0 Å². The highest BCUT2D eigenvalue weighted by Gasteiger charge is 1.99. The van der Waals surface area contributed by atoms with Gasteiger partial charge in [-0.25, -0.2) is 0 Å². The lowest BCUT2D eigenvalue weighted by Crippen LogP contribution is -2.30. The Balaban J connectivity index is 3.33. The van der Waals surface area contributed by atoms with Crippen molar-refractivity contribution < 1.29 is 0 Å². The van der Waals surface area contributed by atoms with E-state index >= 15 is 0 Å². The number of rotatable bonds is 4. The molecule has 0 aliphatic carbocycles. The van der Waals surface area contributed by atoms with Gasteiger partial charge in [-0.05, 0) is 13.3 Å². The second-order valence-electron chi connectivity index (χ2n) is 2.16. The molecule has 0 aromatic carbocycles. The fraction of sp³-hybridized carbons (Fsp3) is 0.714. The van der Waals surface area contributed by atoms with Crippen molar-refractivity contribution in [2.45, 2.75) is 31.7 Å². The van der Waals surface area contributed by atoms with Crippen LogP contribution in [0.1, 0.15) is 20.3 Å². The number of thiol groups is 1. The smallest absolute Gasteiger partial charge is 0.0688 e.